The molecule has 28 heavy (non-hydrogen) atoms. The molecule has 148 valence electrons. The molecule has 1 fully saturated rings. The van der Waals surface area contributed by atoms with Crippen molar-refractivity contribution < 1.29 is 19.0 Å². The summed E-state index contributed by atoms with van der Waals surface area (Å²) >= 11 is 6.27. The van der Waals surface area contributed by atoms with E-state index in [0.29, 0.717) is 29.7 Å². The predicted octanol–water partition coefficient (Wildman–Crippen LogP) is 3.12. The number of halogens is 1. The molecule has 0 radical (unpaired) electrons. The molecule has 6 nitrogen and oxygen atoms in total. The average molecular weight is 403 g/mol. The number of rotatable bonds is 5. The van der Waals surface area contributed by atoms with E-state index in [1.54, 1.807) is 6.07 Å². The highest BCUT2D eigenvalue weighted by atomic mass is 35.5. The summed E-state index contributed by atoms with van der Waals surface area (Å²) in [5.74, 6) is 1.05. The zero-order chi connectivity index (χ0) is 19.3. The maximum absolute atomic E-state index is 12.6. The van der Waals surface area contributed by atoms with Gasteiger partial charge in [0.25, 0.3) is 0 Å². The molecule has 1 amide bonds. The van der Waals surface area contributed by atoms with Crippen LogP contribution in [0.15, 0.2) is 36.4 Å². The summed E-state index contributed by atoms with van der Waals surface area (Å²) in [5, 5.41) is 3.50. The van der Waals surface area contributed by atoms with Crippen LogP contribution in [0, 0.1) is 0 Å². The molecular formula is C21H23ClN2O4. The lowest BCUT2D eigenvalue weighted by Crippen LogP contribution is -2.35. The number of benzene rings is 2. The third-order valence-electron chi connectivity index (χ3n) is 4.81. The van der Waals surface area contributed by atoms with Crippen LogP contribution < -0.4 is 14.8 Å². The lowest BCUT2D eigenvalue weighted by molar-refractivity contribution is -0.115. The van der Waals surface area contributed by atoms with E-state index in [2.05, 4.69) is 10.2 Å². The highest BCUT2D eigenvalue weighted by Gasteiger charge is 2.18. The largest absolute Gasteiger partial charge is 0.486 e. The van der Waals surface area contributed by atoms with E-state index in [0.717, 1.165) is 49.7 Å². The van der Waals surface area contributed by atoms with E-state index in [1.165, 1.54) is 0 Å². The van der Waals surface area contributed by atoms with Gasteiger partial charge in [-0.05, 0) is 29.3 Å². The van der Waals surface area contributed by atoms with Crippen molar-refractivity contribution in [3.8, 4) is 11.5 Å². The van der Waals surface area contributed by atoms with Crippen molar-refractivity contribution in [1.82, 2.24) is 4.90 Å². The second-order valence-electron chi connectivity index (χ2n) is 6.87. The van der Waals surface area contributed by atoms with Crippen molar-refractivity contribution in [2.75, 3.05) is 44.8 Å². The van der Waals surface area contributed by atoms with Gasteiger partial charge < -0.3 is 19.5 Å². The number of carbonyl (C=O) groups excluding carboxylic acids is 1. The van der Waals surface area contributed by atoms with Crippen molar-refractivity contribution in [3.63, 3.8) is 0 Å². The molecule has 2 aromatic carbocycles. The summed E-state index contributed by atoms with van der Waals surface area (Å²) in [4.78, 5) is 15.0. The Morgan fingerprint density at radius 2 is 1.86 bits per heavy atom. The number of nitrogens with one attached hydrogen (secondary N) is 1. The van der Waals surface area contributed by atoms with Gasteiger partial charge in [0, 0.05) is 25.3 Å². The fourth-order valence-electron chi connectivity index (χ4n) is 3.43. The topological polar surface area (TPSA) is 60.0 Å². The number of fused-ring (bicyclic) bond motifs is 1. The van der Waals surface area contributed by atoms with Gasteiger partial charge in [-0.2, -0.15) is 0 Å². The van der Waals surface area contributed by atoms with Crippen molar-refractivity contribution >= 4 is 23.2 Å². The summed E-state index contributed by atoms with van der Waals surface area (Å²) < 4.78 is 16.5. The first-order valence-corrected chi connectivity index (χ1v) is 9.83. The summed E-state index contributed by atoms with van der Waals surface area (Å²) in [6.07, 6.45) is 0.211. The normalized spacial score (nSPS) is 16.6. The zero-order valence-corrected chi connectivity index (χ0v) is 16.3. The molecule has 0 unspecified atom stereocenters. The minimum absolute atomic E-state index is 0.0952. The Labute approximate surface area is 169 Å². The van der Waals surface area contributed by atoms with Crippen LogP contribution in [0.1, 0.15) is 11.1 Å². The average Bonchev–Trinajstić information content (AvgIpc) is 2.70. The van der Waals surface area contributed by atoms with Crippen molar-refractivity contribution in [1.29, 1.82) is 0 Å². The molecule has 2 aliphatic rings. The second kappa shape index (κ2) is 8.82. The third-order valence-corrected chi connectivity index (χ3v) is 5.09. The Balaban J connectivity index is 1.43. The Morgan fingerprint density at radius 1 is 1.07 bits per heavy atom. The summed E-state index contributed by atoms with van der Waals surface area (Å²) in [7, 11) is 0. The van der Waals surface area contributed by atoms with E-state index in [1.807, 2.05) is 30.3 Å². The van der Waals surface area contributed by atoms with Crippen LogP contribution in [0.5, 0.6) is 11.5 Å². The van der Waals surface area contributed by atoms with Crippen molar-refractivity contribution in [2.24, 2.45) is 0 Å². The molecule has 1 N–H and O–H groups in total. The maximum atomic E-state index is 12.6. The predicted molar refractivity (Wildman–Crippen MR) is 107 cm³/mol. The van der Waals surface area contributed by atoms with Gasteiger partial charge in [0.1, 0.15) is 13.2 Å². The molecule has 2 aromatic rings. The van der Waals surface area contributed by atoms with E-state index < -0.39 is 0 Å². The van der Waals surface area contributed by atoms with E-state index in [-0.39, 0.29) is 12.3 Å². The number of para-hydroxylation sites is 1. The number of ether oxygens (including phenoxy) is 3. The molecule has 0 bridgehead atoms. The number of nitrogens with zero attached hydrogens (tertiary/aromatic N) is 1. The van der Waals surface area contributed by atoms with Gasteiger partial charge in [-0.3, -0.25) is 9.69 Å². The molecule has 2 aliphatic heterocycles. The van der Waals surface area contributed by atoms with Crippen molar-refractivity contribution in [2.45, 2.75) is 13.0 Å². The molecule has 2 heterocycles. The van der Waals surface area contributed by atoms with Gasteiger partial charge in [0.2, 0.25) is 5.91 Å². The van der Waals surface area contributed by atoms with E-state index in [4.69, 9.17) is 25.8 Å². The monoisotopic (exact) mass is 402 g/mol. The highest BCUT2D eigenvalue weighted by molar-refractivity contribution is 6.32. The fourth-order valence-corrected chi connectivity index (χ4v) is 3.71. The smallest absolute Gasteiger partial charge is 0.228 e. The molecule has 0 spiro atoms. The minimum atomic E-state index is -0.0952. The van der Waals surface area contributed by atoms with Crippen LogP contribution in [-0.4, -0.2) is 50.3 Å². The number of hydrogen-bond donors (Lipinski definition) is 1. The van der Waals surface area contributed by atoms with Gasteiger partial charge in [-0.25, -0.2) is 0 Å². The molecule has 0 aliphatic carbocycles. The van der Waals surface area contributed by atoms with Gasteiger partial charge in [0.15, 0.2) is 11.5 Å². The summed E-state index contributed by atoms with van der Waals surface area (Å²) in [5.41, 5.74) is 2.72. The molecule has 0 saturated carbocycles. The Bertz CT molecular complexity index is 852. The van der Waals surface area contributed by atoms with Crippen LogP contribution in [0.2, 0.25) is 5.02 Å². The number of carbonyl (C=O) groups is 1. The highest BCUT2D eigenvalue weighted by Crippen LogP contribution is 2.38. The number of amides is 1. The lowest BCUT2D eigenvalue weighted by atomic mass is 10.1. The van der Waals surface area contributed by atoms with Crippen LogP contribution in [0.3, 0.4) is 0 Å². The quantitative estimate of drug-likeness (QED) is 0.832. The SMILES string of the molecule is O=C(Cc1cc(Cl)c2c(c1)OCCO2)Nc1ccccc1CN1CCOCC1. The summed E-state index contributed by atoms with van der Waals surface area (Å²) in [6, 6.07) is 11.5. The van der Waals surface area contributed by atoms with Crippen LogP contribution in [0.4, 0.5) is 5.69 Å². The van der Waals surface area contributed by atoms with E-state index >= 15 is 0 Å². The van der Waals surface area contributed by atoms with Crippen LogP contribution >= 0.6 is 11.6 Å². The number of hydrogen-bond acceptors (Lipinski definition) is 5. The minimum Gasteiger partial charge on any atom is -0.486 e. The van der Waals surface area contributed by atoms with Gasteiger partial charge >= 0.3 is 0 Å². The Hall–Kier alpha value is -2.28. The van der Waals surface area contributed by atoms with Crippen molar-refractivity contribution in [3.05, 3.63) is 52.5 Å². The molecule has 0 atom stereocenters. The first kappa shape index (κ1) is 19.1. The first-order valence-electron chi connectivity index (χ1n) is 9.45. The number of anilines is 1. The summed E-state index contributed by atoms with van der Waals surface area (Å²) in [6.45, 7) is 5.05. The van der Waals surface area contributed by atoms with E-state index in [9.17, 15) is 4.79 Å². The zero-order valence-electron chi connectivity index (χ0n) is 15.6. The Morgan fingerprint density at radius 3 is 2.71 bits per heavy atom. The molecule has 4 rings (SSSR count). The first-order chi connectivity index (χ1) is 13.7. The van der Waals surface area contributed by atoms with Crippen LogP contribution in [0.25, 0.3) is 0 Å². The molecule has 7 heteroatoms. The maximum Gasteiger partial charge on any atom is 0.228 e. The third kappa shape index (κ3) is 4.58. The van der Waals surface area contributed by atoms with Gasteiger partial charge in [-0.15, -0.1) is 0 Å². The second-order valence-corrected chi connectivity index (χ2v) is 7.28. The molecule has 1 saturated heterocycles. The lowest BCUT2D eigenvalue weighted by Gasteiger charge is -2.27. The van der Waals surface area contributed by atoms with Gasteiger partial charge in [0.05, 0.1) is 24.7 Å². The molecular weight excluding hydrogens is 380 g/mol. The number of morpholine rings is 1. The Kier molecular flexibility index (Phi) is 6.00. The molecule has 0 aromatic heterocycles. The fraction of sp³-hybridized carbons (Fsp3) is 0.381. The van der Waals surface area contributed by atoms with Crippen LogP contribution in [-0.2, 0) is 22.5 Å². The standard InChI is InChI=1S/C21H23ClN2O4/c22-17-11-15(12-19-21(17)28-10-9-27-19)13-20(25)23-18-4-2-1-3-16(18)14-24-5-7-26-8-6-24/h1-4,11-12H,5-10,13-14H2,(H,23,25). The van der Waals surface area contributed by atoms with Gasteiger partial charge in [-0.1, -0.05) is 29.8 Å².